The Morgan fingerprint density at radius 1 is 0.176 bits per heavy atom. The minimum atomic E-state index is 1.09. The molecule has 0 radical (unpaired) electrons. The van der Waals surface area contributed by atoms with E-state index in [0.717, 1.165) is 50.8 Å². The van der Waals surface area contributed by atoms with E-state index in [1.807, 2.05) is 0 Å². The predicted molar refractivity (Wildman–Crippen MR) is 394 cm³/mol. The summed E-state index contributed by atoms with van der Waals surface area (Å²) in [7, 11) is 0. The van der Waals surface area contributed by atoms with E-state index < -0.39 is 0 Å². The second-order valence-corrected chi connectivity index (χ2v) is 24.0. The minimum absolute atomic E-state index is 1.09. The molecule has 0 aliphatic heterocycles. The maximum Gasteiger partial charge on any atom is 0.0490 e. The number of hydrogen-bond donors (Lipinski definition) is 0. The molecule has 0 unspecified atom stereocenters. The molecule has 0 spiro atoms. The molecule has 0 aliphatic rings. The molecule has 0 aromatic heterocycles. The zero-order valence-corrected chi connectivity index (χ0v) is 53.7. The molecule has 91 heavy (non-hydrogen) atoms. The summed E-state index contributed by atoms with van der Waals surface area (Å²) in [6.07, 6.45) is 13.4. The Kier molecular flexibility index (Phi) is 18.0. The minimum Gasteiger partial charge on any atom is -0.310 e. The second kappa shape index (κ2) is 27.2. The van der Waals surface area contributed by atoms with E-state index in [1.165, 1.54) is 101 Å². The third kappa shape index (κ3) is 13.4. The molecular weight excluding hydrogens is 1100 g/mol. The first-order chi connectivity index (χ1) is 44.3. The van der Waals surface area contributed by atoms with Gasteiger partial charge in [0.15, 0.2) is 0 Å². The summed E-state index contributed by atoms with van der Waals surface area (Å²) in [6.45, 7) is 19.7. The fraction of sp³-hybridized carbons (Fsp3) is 0.103. The Bertz CT molecular complexity index is 4030. The van der Waals surface area contributed by atoms with Crippen molar-refractivity contribution in [2.45, 2.75) is 62.3 Å². The molecule has 4 nitrogen and oxygen atoms in total. The van der Waals surface area contributed by atoms with E-state index in [4.69, 9.17) is 0 Å². The molecular formula is C87H78N4. The standard InChI is InChI=1S/C87H78N4/c1-61-22-10-16-28-82(61)89(83-29-17-11-23-62(83)2)76-49-37-70(38-50-76)34-43-73-46-55-79(58-67(73)7)88(80-56-47-74(68(8)59-80)44-35-71-39-51-77(52-40-71)90(84-30-18-12-24-63(84)3)85-31-19-13-25-64(85)4)81-57-48-75(69(9)60-81)45-36-72-41-53-78(54-42-72)91(86-32-20-14-26-65(86)5)87-33-21-15-27-66(87)6/h10-60H,1-9H3/b43-34+,44-35+,45-36+. The summed E-state index contributed by atoms with van der Waals surface area (Å²) in [5.41, 5.74) is 31.5. The lowest BCUT2D eigenvalue weighted by atomic mass is 10.0. The smallest absolute Gasteiger partial charge is 0.0490 e. The van der Waals surface area contributed by atoms with Crippen LogP contribution in [0.2, 0.25) is 0 Å². The molecule has 12 aromatic carbocycles. The summed E-state index contributed by atoms with van der Waals surface area (Å²) < 4.78 is 0. The topological polar surface area (TPSA) is 13.0 Å². The Hall–Kier alpha value is -10.9. The molecule has 4 heteroatoms. The van der Waals surface area contributed by atoms with Gasteiger partial charge in [-0.2, -0.15) is 0 Å². The van der Waals surface area contributed by atoms with Gasteiger partial charge in [-0.1, -0.05) is 200 Å². The average molecular weight is 1180 g/mol. The molecule has 0 fully saturated rings. The van der Waals surface area contributed by atoms with Crippen molar-refractivity contribution in [3.8, 4) is 0 Å². The van der Waals surface area contributed by atoms with Crippen LogP contribution in [0, 0.1) is 62.3 Å². The van der Waals surface area contributed by atoms with Crippen molar-refractivity contribution in [2.24, 2.45) is 0 Å². The quantitative estimate of drug-likeness (QED) is 0.0794. The fourth-order valence-electron chi connectivity index (χ4n) is 12.3. The highest BCUT2D eigenvalue weighted by Crippen LogP contribution is 2.43. The molecule has 0 saturated heterocycles. The number of benzene rings is 12. The van der Waals surface area contributed by atoms with Crippen LogP contribution in [0.3, 0.4) is 0 Å². The van der Waals surface area contributed by atoms with Crippen molar-refractivity contribution in [3.05, 3.63) is 356 Å². The molecule has 12 aromatic rings. The maximum absolute atomic E-state index is 2.40. The Morgan fingerprint density at radius 2 is 0.374 bits per heavy atom. The van der Waals surface area contributed by atoms with Crippen LogP contribution in [-0.2, 0) is 0 Å². The van der Waals surface area contributed by atoms with E-state index in [-0.39, 0.29) is 0 Å². The fourth-order valence-corrected chi connectivity index (χ4v) is 12.3. The molecule has 0 atom stereocenters. The van der Waals surface area contributed by atoms with Gasteiger partial charge in [0, 0.05) is 68.2 Å². The van der Waals surface area contributed by atoms with Gasteiger partial charge in [0.1, 0.15) is 0 Å². The van der Waals surface area contributed by atoms with Gasteiger partial charge in [0.05, 0.1) is 0 Å². The first-order valence-corrected chi connectivity index (χ1v) is 31.6. The molecule has 0 aliphatic carbocycles. The first-order valence-electron chi connectivity index (χ1n) is 31.6. The highest BCUT2D eigenvalue weighted by Gasteiger charge is 2.21. The van der Waals surface area contributed by atoms with E-state index in [2.05, 4.69) is 391 Å². The summed E-state index contributed by atoms with van der Waals surface area (Å²) >= 11 is 0. The number of nitrogens with zero attached hydrogens (tertiary/aromatic N) is 4. The number of hydrogen-bond acceptors (Lipinski definition) is 4. The Balaban J connectivity index is 0.833. The zero-order chi connectivity index (χ0) is 63.0. The van der Waals surface area contributed by atoms with Crippen molar-refractivity contribution in [1.82, 2.24) is 0 Å². The van der Waals surface area contributed by atoms with Gasteiger partial charge in [0.25, 0.3) is 0 Å². The third-order valence-electron chi connectivity index (χ3n) is 17.5. The van der Waals surface area contributed by atoms with E-state index in [1.54, 1.807) is 0 Å². The Labute approximate surface area is 540 Å². The van der Waals surface area contributed by atoms with Crippen molar-refractivity contribution >= 4 is 105 Å². The van der Waals surface area contributed by atoms with Crippen molar-refractivity contribution in [1.29, 1.82) is 0 Å². The van der Waals surface area contributed by atoms with Gasteiger partial charge in [-0.15, -0.1) is 0 Å². The number of rotatable bonds is 18. The number of aryl methyl sites for hydroxylation is 9. The number of anilines is 12. The first kappa shape index (κ1) is 60.3. The monoisotopic (exact) mass is 1180 g/mol. The van der Waals surface area contributed by atoms with Crippen LogP contribution in [0.1, 0.15) is 83.5 Å². The molecule has 0 heterocycles. The molecule has 0 saturated carbocycles. The van der Waals surface area contributed by atoms with Crippen LogP contribution in [-0.4, -0.2) is 0 Å². The predicted octanol–water partition coefficient (Wildman–Crippen LogP) is 24.9. The van der Waals surface area contributed by atoms with Gasteiger partial charge >= 0.3 is 0 Å². The van der Waals surface area contributed by atoms with Crippen LogP contribution in [0.4, 0.5) is 68.2 Å². The maximum atomic E-state index is 2.40. The van der Waals surface area contributed by atoms with Crippen molar-refractivity contribution in [2.75, 3.05) is 19.6 Å². The lowest BCUT2D eigenvalue weighted by molar-refractivity contribution is 1.22. The summed E-state index contributed by atoms with van der Waals surface area (Å²) in [4.78, 5) is 9.50. The molecule has 0 bridgehead atoms. The Morgan fingerprint density at radius 3 is 0.571 bits per heavy atom. The lowest BCUT2D eigenvalue weighted by Gasteiger charge is -2.28. The SMILES string of the molecule is Cc1cc(N(c2ccc(/C=C/c3ccc(N(c4ccccc4C)c4ccccc4C)cc3)c(C)c2)c2ccc(/C=C/c3ccc(N(c4ccccc4C)c4ccccc4C)cc3)c(C)c2)ccc1/C=C/c1ccc(N(c2ccccc2C)c2ccccc2C)cc1. The molecule has 12 rings (SSSR count). The van der Waals surface area contributed by atoms with Crippen LogP contribution in [0.15, 0.2) is 273 Å². The lowest BCUT2D eigenvalue weighted by Crippen LogP contribution is -2.12. The van der Waals surface area contributed by atoms with Crippen LogP contribution < -0.4 is 19.6 Å². The second-order valence-electron chi connectivity index (χ2n) is 24.0. The normalized spacial score (nSPS) is 11.4. The average Bonchev–Trinajstić information content (AvgIpc) is 0.989. The van der Waals surface area contributed by atoms with Gasteiger partial charge < -0.3 is 19.6 Å². The third-order valence-corrected chi connectivity index (χ3v) is 17.5. The molecule has 0 N–H and O–H groups in total. The van der Waals surface area contributed by atoms with Gasteiger partial charge in [-0.3, -0.25) is 0 Å². The van der Waals surface area contributed by atoms with Gasteiger partial charge in [0.2, 0.25) is 0 Å². The van der Waals surface area contributed by atoms with E-state index in [9.17, 15) is 0 Å². The van der Waals surface area contributed by atoms with Crippen molar-refractivity contribution < 1.29 is 0 Å². The largest absolute Gasteiger partial charge is 0.310 e. The summed E-state index contributed by atoms with van der Waals surface area (Å²) in [6, 6.07) is 98.9. The molecule has 446 valence electrons. The number of para-hydroxylation sites is 6. The van der Waals surface area contributed by atoms with Crippen LogP contribution in [0.25, 0.3) is 36.5 Å². The van der Waals surface area contributed by atoms with Crippen molar-refractivity contribution in [3.63, 3.8) is 0 Å². The highest BCUT2D eigenvalue weighted by atomic mass is 15.2. The summed E-state index contributed by atoms with van der Waals surface area (Å²) in [5.74, 6) is 0. The van der Waals surface area contributed by atoms with Crippen LogP contribution >= 0.6 is 0 Å². The highest BCUT2D eigenvalue weighted by molar-refractivity contribution is 5.87. The molecule has 0 amide bonds. The van der Waals surface area contributed by atoms with E-state index >= 15 is 0 Å². The van der Waals surface area contributed by atoms with Gasteiger partial charge in [-0.05, 0) is 255 Å². The van der Waals surface area contributed by atoms with Gasteiger partial charge in [-0.25, -0.2) is 0 Å². The zero-order valence-electron chi connectivity index (χ0n) is 53.7. The van der Waals surface area contributed by atoms with E-state index in [0.29, 0.717) is 0 Å². The summed E-state index contributed by atoms with van der Waals surface area (Å²) in [5, 5.41) is 0. The van der Waals surface area contributed by atoms with Crippen LogP contribution in [0.5, 0.6) is 0 Å².